The third-order valence-electron chi connectivity index (χ3n) is 3.39. The molecule has 0 aromatic heterocycles. The minimum absolute atomic E-state index is 0.253. The fourth-order valence-corrected chi connectivity index (χ4v) is 4.05. The molecule has 0 aromatic rings. The SMILES string of the molecule is CCCCNCCC[SiH](OCC)OCC(OCC)(OCC)OCC. The Bertz CT molecular complexity index is 254. The van der Waals surface area contributed by atoms with Gasteiger partial charge in [-0.15, -0.1) is 0 Å². The lowest BCUT2D eigenvalue weighted by Crippen LogP contribution is -2.46. The molecule has 0 saturated carbocycles. The highest BCUT2D eigenvalue weighted by Gasteiger charge is 2.34. The summed E-state index contributed by atoms with van der Waals surface area (Å²) in [7, 11) is -1.75. The molecule has 0 bridgehead atoms. The van der Waals surface area contributed by atoms with E-state index in [0.29, 0.717) is 26.4 Å². The maximum atomic E-state index is 6.05. The zero-order valence-electron chi connectivity index (χ0n) is 16.4. The fourth-order valence-electron chi connectivity index (χ4n) is 2.33. The second-order valence-corrected chi connectivity index (χ2v) is 7.53. The van der Waals surface area contributed by atoms with Crippen LogP contribution in [0.4, 0.5) is 0 Å². The molecule has 0 fully saturated rings. The monoisotopic (exact) mass is 365 g/mol. The van der Waals surface area contributed by atoms with Crippen LogP contribution >= 0.6 is 0 Å². The zero-order valence-corrected chi connectivity index (χ0v) is 17.6. The number of rotatable bonds is 18. The molecule has 0 aliphatic carbocycles. The van der Waals surface area contributed by atoms with Gasteiger partial charge in [-0.05, 0) is 59.7 Å². The van der Waals surface area contributed by atoms with E-state index in [1.165, 1.54) is 12.8 Å². The topological polar surface area (TPSA) is 58.2 Å². The Kier molecular flexibility index (Phi) is 16.4. The summed E-state index contributed by atoms with van der Waals surface area (Å²) in [6.07, 6.45) is 3.51. The highest BCUT2D eigenvalue weighted by molar-refractivity contribution is 6.44. The van der Waals surface area contributed by atoms with Gasteiger partial charge in [0, 0.05) is 26.4 Å². The number of hydrogen-bond donors (Lipinski definition) is 1. The molecule has 0 spiro atoms. The van der Waals surface area contributed by atoms with Gasteiger partial charge >= 0.3 is 15.3 Å². The van der Waals surface area contributed by atoms with E-state index in [0.717, 1.165) is 25.6 Å². The van der Waals surface area contributed by atoms with Gasteiger partial charge < -0.3 is 28.4 Å². The third kappa shape index (κ3) is 11.5. The second kappa shape index (κ2) is 16.4. The number of nitrogens with one attached hydrogen (secondary N) is 1. The summed E-state index contributed by atoms with van der Waals surface area (Å²) in [5, 5.41) is 3.45. The van der Waals surface area contributed by atoms with E-state index in [2.05, 4.69) is 12.2 Å². The molecule has 1 N–H and O–H groups in total. The molecule has 0 heterocycles. The van der Waals surface area contributed by atoms with Crippen LogP contribution in [0.15, 0.2) is 0 Å². The highest BCUT2D eigenvalue weighted by atomic mass is 28.3. The lowest BCUT2D eigenvalue weighted by molar-refractivity contribution is -0.386. The van der Waals surface area contributed by atoms with Crippen molar-refractivity contribution in [2.24, 2.45) is 0 Å². The maximum absolute atomic E-state index is 6.05. The summed E-state index contributed by atoms with van der Waals surface area (Å²) >= 11 is 0. The van der Waals surface area contributed by atoms with E-state index in [-0.39, 0.29) is 6.61 Å². The van der Waals surface area contributed by atoms with Crippen LogP contribution in [0.25, 0.3) is 0 Å². The number of unbranched alkanes of at least 4 members (excludes halogenated alkanes) is 1. The first-order valence-corrected chi connectivity index (χ1v) is 11.3. The van der Waals surface area contributed by atoms with Crippen LogP contribution in [0.2, 0.25) is 6.04 Å². The van der Waals surface area contributed by atoms with Crippen molar-refractivity contribution in [3.63, 3.8) is 0 Å². The fraction of sp³-hybridized carbons (Fsp3) is 1.00. The Morgan fingerprint density at radius 3 is 1.83 bits per heavy atom. The molecule has 0 amide bonds. The average Bonchev–Trinajstić information content (AvgIpc) is 2.56. The van der Waals surface area contributed by atoms with Crippen LogP contribution in [0, 0.1) is 0 Å². The standard InChI is InChI=1S/C17H39NO5Si/c1-6-11-13-18-14-12-15-24(22-10-5)23-16-17(19-7-2,20-8-3)21-9-4/h18,24H,6-16H2,1-5H3. The molecular formula is C17H39NO5Si. The van der Waals surface area contributed by atoms with E-state index < -0.39 is 15.3 Å². The van der Waals surface area contributed by atoms with Gasteiger partial charge in [0.1, 0.15) is 6.61 Å². The van der Waals surface area contributed by atoms with E-state index >= 15 is 0 Å². The summed E-state index contributed by atoms with van der Waals surface area (Å²) < 4.78 is 29.0. The minimum Gasteiger partial charge on any atom is -0.397 e. The van der Waals surface area contributed by atoms with Gasteiger partial charge in [-0.3, -0.25) is 0 Å². The lowest BCUT2D eigenvalue weighted by atomic mass is 10.3. The molecule has 1 atom stereocenters. The van der Waals surface area contributed by atoms with E-state index in [1.54, 1.807) is 0 Å². The summed E-state index contributed by atoms with van der Waals surface area (Å²) in [5.74, 6) is -1.11. The molecular weight excluding hydrogens is 326 g/mol. The van der Waals surface area contributed by atoms with E-state index in [4.69, 9.17) is 23.1 Å². The van der Waals surface area contributed by atoms with Gasteiger partial charge in [-0.2, -0.15) is 0 Å². The Balaban J connectivity index is 4.33. The van der Waals surface area contributed by atoms with Gasteiger partial charge in [-0.1, -0.05) is 13.3 Å². The van der Waals surface area contributed by atoms with Crippen LogP contribution in [0.1, 0.15) is 53.9 Å². The van der Waals surface area contributed by atoms with E-state index in [1.807, 2.05) is 27.7 Å². The van der Waals surface area contributed by atoms with Crippen molar-refractivity contribution in [3.8, 4) is 0 Å². The first kappa shape index (κ1) is 24.0. The highest BCUT2D eigenvalue weighted by Crippen LogP contribution is 2.18. The molecule has 0 aliphatic rings. The van der Waals surface area contributed by atoms with Crippen molar-refractivity contribution in [1.29, 1.82) is 0 Å². The molecule has 0 radical (unpaired) electrons. The summed E-state index contributed by atoms with van der Waals surface area (Å²) in [6.45, 7) is 14.5. The Morgan fingerprint density at radius 2 is 1.33 bits per heavy atom. The first-order chi connectivity index (χ1) is 11.7. The van der Waals surface area contributed by atoms with Gasteiger partial charge in [0.2, 0.25) is 0 Å². The van der Waals surface area contributed by atoms with E-state index in [9.17, 15) is 0 Å². The van der Waals surface area contributed by atoms with Crippen LogP contribution in [-0.4, -0.2) is 61.4 Å². The summed E-state index contributed by atoms with van der Waals surface area (Å²) in [5.41, 5.74) is 0. The minimum atomic E-state index is -1.75. The van der Waals surface area contributed by atoms with Crippen LogP contribution < -0.4 is 5.32 Å². The molecule has 0 aromatic carbocycles. The molecule has 6 nitrogen and oxygen atoms in total. The van der Waals surface area contributed by atoms with Gasteiger partial charge in [0.15, 0.2) is 0 Å². The van der Waals surface area contributed by atoms with Crippen molar-refractivity contribution in [2.45, 2.75) is 65.9 Å². The molecule has 0 aliphatic heterocycles. The van der Waals surface area contributed by atoms with Crippen molar-refractivity contribution < 1.29 is 23.1 Å². The molecule has 7 heteroatoms. The smallest absolute Gasteiger partial charge is 0.321 e. The summed E-state index contributed by atoms with van der Waals surface area (Å²) in [6, 6.07) is 0.966. The molecule has 1 unspecified atom stereocenters. The second-order valence-electron chi connectivity index (χ2n) is 5.42. The molecule has 0 saturated heterocycles. The van der Waals surface area contributed by atoms with Crippen molar-refractivity contribution in [3.05, 3.63) is 0 Å². The largest absolute Gasteiger partial charge is 0.397 e. The maximum Gasteiger partial charge on any atom is 0.321 e. The average molecular weight is 366 g/mol. The van der Waals surface area contributed by atoms with Gasteiger partial charge in [0.05, 0.1) is 0 Å². The molecule has 146 valence electrons. The normalized spacial score (nSPS) is 13.4. The predicted molar refractivity (Wildman–Crippen MR) is 99.5 cm³/mol. The van der Waals surface area contributed by atoms with Crippen LogP contribution in [-0.2, 0) is 23.1 Å². The number of hydrogen-bond acceptors (Lipinski definition) is 6. The Morgan fingerprint density at radius 1 is 0.750 bits per heavy atom. The quantitative estimate of drug-likeness (QED) is 0.229. The number of ether oxygens (including phenoxy) is 3. The lowest BCUT2D eigenvalue weighted by Gasteiger charge is -2.33. The van der Waals surface area contributed by atoms with Gasteiger partial charge in [0.25, 0.3) is 0 Å². The van der Waals surface area contributed by atoms with Crippen molar-refractivity contribution >= 4 is 9.28 Å². The zero-order chi connectivity index (χ0) is 18.1. The molecule has 0 rings (SSSR count). The summed E-state index contributed by atoms with van der Waals surface area (Å²) in [4.78, 5) is 0. The Hall–Kier alpha value is -0.0231. The Labute approximate surface area is 150 Å². The predicted octanol–water partition coefficient (Wildman–Crippen LogP) is 2.80. The molecule has 24 heavy (non-hydrogen) atoms. The van der Waals surface area contributed by atoms with Gasteiger partial charge in [-0.25, -0.2) is 0 Å². The van der Waals surface area contributed by atoms with Crippen molar-refractivity contribution in [2.75, 3.05) is 46.1 Å². The van der Waals surface area contributed by atoms with Crippen molar-refractivity contribution in [1.82, 2.24) is 5.32 Å². The third-order valence-corrected chi connectivity index (χ3v) is 5.52. The van der Waals surface area contributed by atoms with Crippen LogP contribution in [0.3, 0.4) is 0 Å². The van der Waals surface area contributed by atoms with Crippen LogP contribution in [0.5, 0.6) is 0 Å². The first-order valence-electron chi connectivity index (χ1n) is 9.53.